The van der Waals surface area contributed by atoms with E-state index in [2.05, 4.69) is 21.2 Å². The first-order valence-electron chi connectivity index (χ1n) is 7.37. The van der Waals surface area contributed by atoms with Crippen molar-refractivity contribution < 1.29 is 9.90 Å². The lowest BCUT2D eigenvalue weighted by molar-refractivity contribution is -0.125. The normalized spacial score (nSPS) is 27.9. The molecule has 2 fully saturated rings. The van der Waals surface area contributed by atoms with E-state index in [-0.39, 0.29) is 23.5 Å². The van der Waals surface area contributed by atoms with E-state index in [4.69, 9.17) is 0 Å². The molecule has 3 rings (SSSR count). The lowest BCUT2D eigenvalue weighted by Gasteiger charge is -2.30. The van der Waals surface area contributed by atoms with Crippen LogP contribution in [0.25, 0.3) is 0 Å². The molecule has 0 aromatic heterocycles. The molecule has 0 aliphatic heterocycles. The summed E-state index contributed by atoms with van der Waals surface area (Å²) in [5.74, 6) is 0.0887. The van der Waals surface area contributed by atoms with Gasteiger partial charge in [0.15, 0.2) is 0 Å². The van der Waals surface area contributed by atoms with E-state index >= 15 is 0 Å². The molecule has 0 radical (unpaired) electrons. The van der Waals surface area contributed by atoms with E-state index in [9.17, 15) is 9.90 Å². The second kappa shape index (κ2) is 5.49. The fourth-order valence-electron chi connectivity index (χ4n) is 3.13. The molecule has 2 saturated carbocycles. The lowest BCUT2D eigenvalue weighted by Crippen LogP contribution is -2.48. The van der Waals surface area contributed by atoms with Crippen LogP contribution in [0.3, 0.4) is 0 Å². The fourth-order valence-corrected chi connectivity index (χ4v) is 3.39. The molecule has 20 heavy (non-hydrogen) atoms. The van der Waals surface area contributed by atoms with Crippen molar-refractivity contribution in [1.29, 1.82) is 0 Å². The van der Waals surface area contributed by atoms with Crippen molar-refractivity contribution in [2.75, 3.05) is 0 Å². The monoisotopic (exact) mass is 337 g/mol. The molecule has 0 unspecified atom stereocenters. The zero-order valence-electron chi connectivity index (χ0n) is 11.4. The number of nitrogens with one attached hydrogen (secondary N) is 1. The quantitative estimate of drug-likeness (QED) is 0.890. The van der Waals surface area contributed by atoms with Gasteiger partial charge in [0.1, 0.15) is 0 Å². The number of carbonyl (C=O) groups is 1. The predicted octanol–water partition coefficient (Wildman–Crippen LogP) is 2.90. The van der Waals surface area contributed by atoms with Gasteiger partial charge in [-0.2, -0.15) is 0 Å². The maximum Gasteiger partial charge on any atom is 0.230 e. The van der Waals surface area contributed by atoms with Crippen molar-refractivity contribution in [1.82, 2.24) is 5.32 Å². The van der Waals surface area contributed by atoms with Gasteiger partial charge in [-0.3, -0.25) is 4.79 Å². The Kier molecular flexibility index (Phi) is 3.87. The average molecular weight is 338 g/mol. The van der Waals surface area contributed by atoms with Crippen LogP contribution in [0.1, 0.15) is 44.1 Å². The third-order valence-electron chi connectivity index (χ3n) is 4.63. The van der Waals surface area contributed by atoms with Crippen LogP contribution in [0, 0.1) is 0 Å². The van der Waals surface area contributed by atoms with Gasteiger partial charge in [-0.05, 0) is 43.4 Å². The number of aliphatic hydroxyl groups excluding tert-OH is 1. The van der Waals surface area contributed by atoms with Crippen LogP contribution in [0.15, 0.2) is 28.7 Å². The molecule has 0 heterocycles. The number of hydrogen-bond acceptors (Lipinski definition) is 2. The first kappa shape index (κ1) is 14.1. The van der Waals surface area contributed by atoms with Gasteiger partial charge in [0.25, 0.3) is 0 Å². The molecule has 2 aliphatic rings. The van der Waals surface area contributed by atoms with E-state index in [1.54, 1.807) is 0 Å². The first-order chi connectivity index (χ1) is 9.62. The van der Waals surface area contributed by atoms with E-state index < -0.39 is 0 Å². The zero-order chi connectivity index (χ0) is 14.2. The summed E-state index contributed by atoms with van der Waals surface area (Å²) < 4.78 is 1.03. The van der Waals surface area contributed by atoms with Gasteiger partial charge in [0.05, 0.1) is 17.6 Å². The van der Waals surface area contributed by atoms with Gasteiger partial charge in [-0.15, -0.1) is 0 Å². The van der Waals surface area contributed by atoms with Gasteiger partial charge >= 0.3 is 0 Å². The summed E-state index contributed by atoms with van der Waals surface area (Å²) in [5.41, 5.74) is 0.737. The van der Waals surface area contributed by atoms with Crippen LogP contribution in [0.2, 0.25) is 0 Å². The highest BCUT2D eigenvalue weighted by atomic mass is 79.9. The minimum Gasteiger partial charge on any atom is -0.391 e. The molecule has 2 atom stereocenters. The zero-order valence-corrected chi connectivity index (χ0v) is 13.0. The molecule has 1 aromatic carbocycles. The average Bonchev–Trinajstić information content (AvgIpc) is 3.24. The highest BCUT2D eigenvalue weighted by molar-refractivity contribution is 9.10. The standard InChI is InChI=1S/C16H20BrNO2/c17-12-7-5-11(6-8-12)16(9-10-16)15(20)18-13-3-1-2-4-14(13)19/h5-8,13-14,19H,1-4,9-10H2,(H,18,20)/t13-,14-/m1/s1. The number of benzene rings is 1. The highest BCUT2D eigenvalue weighted by Crippen LogP contribution is 2.48. The van der Waals surface area contributed by atoms with E-state index in [0.29, 0.717) is 0 Å². The molecule has 1 aromatic rings. The Labute approximate surface area is 127 Å². The summed E-state index contributed by atoms with van der Waals surface area (Å²) in [6, 6.07) is 7.95. The van der Waals surface area contributed by atoms with Gasteiger partial charge < -0.3 is 10.4 Å². The third kappa shape index (κ3) is 2.63. The van der Waals surface area contributed by atoms with Gasteiger partial charge in [-0.1, -0.05) is 40.9 Å². The number of rotatable bonds is 3. The van der Waals surface area contributed by atoms with Crippen molar-refractivity contribution in [3.05, 3.63) is 34.3 Å². The molecular formula is C16H20BrNO2. The summed E-state index contributed by atoms with van der Waals surface area (Å²) in [6.45, 7) is 0. The Morgan fingerprint density at radius 2 is 1.85 bits per heavy atom. The number of amides is 1. The van der Waals surface area contributed by atoms with Crippen LogP contribution in [0.5, 0.6) is 0 Å². The van der Waals surface area contributed by atoms with Crippen molar-refractivity contribution in [3.8, 4) is 0 Å². The molecule has 1 amide bonds. The minimum absolute atomic E-state index is 0.0656. The largest absolute Gasteiger partial charge is 0.391 e. The Morgan fingerprint density at radius 1 is 1.20 bits per heavy atom. The molecule has 4 heteroatoms. The van der Waals surface area contributed by atoms with Crippen LogP contribution >= 0.6 is 15.9 Å². The Hall–Kier alpha value is -0.870. The lowest BCUT2D eigenvalue weighted by atomic mass is 9.90. The number of aliphatic hydroxyl groups is 1. The summed E-state index contributed by atoms with van der Waals surface area (Å²) in [6.07, 6.45) is 5.28. The summed E-state index contributed by atoms with van der Waals surface area (Å²) in [5, 5.41) is 13.1. The second-order valence-corrected chi connectivity index (χ2v) is 6.94. The summed E-state index contributed by atoms with van der Waals surface area (Å²) in [7, 11) is 0. The highest BCUT2D eigenvalue weighted by Gasteiger charge is 2.51. The molecule has 2 aliphatic carbocycles. The minimum atomic E-state index is -0.381. The molecule has 3 nitrogen and oxygen atoms in total. The maximum atomic E-state index is 12.6. The van der Waals surface area contributed by atoms with Crippen LogP contribution < -0.4 is 5.32 Å². The molecule has 0 saturated heterocycles. The Balaban J connectivity index is 1.71. The van der Waals surface area contributed by atoms with Gasteiger partial charge in [-0.25, -0.2) is 0 Å². The van der Waals surface area contributed by atoms with Crippen LogP contribution in [-0.4, -0.2) is 23.2 Å². The number of carbonyl (C=O) groups excluding carboxylic acids is 1. The van der Waals surface area contributed by atoms with Crippen LogP contribution in [0.4, 0.5) is 0 Å². The topological polar surface area (TPSA) is 49.3 Å². The summed E-state index contributed by atoms with van der Waals surface area (Å²) >= 11 is 3.42. The molecule has 0 bridgehead atoms. The fraction of sp³-hybridized carbons (Fsp3) is 0.562. The second-order valence-electron chi connectivity index (χ2n) is 6.02. The Bertz CT molecular complexity index is 496. The molecule has 108 valence electrons. The van der Waals surface area contributed by atoms with Crippen molar-refractivity contribution in [2.45, 2.75) is 56.1 Å². The maximum absolute atomic E-state index is 12.6. The van der Waals surface area contributed by atoms with E-state index in [1.165, 1.54) is 0 Å². The summed E-state index contributed by atoms with van der Waals surface area (Å²) in [4.78, 5) is 12.6. The van der Waals surface area contributed by atoms with Crippen molar-refractivity contribution in [2.24, 2.45) is 0 Å². The SMILES string of the molecule is O=C(N[C@@H]1CCCC[C@H]1O)C1(c2ccc(Br)cc2)CC1. The molecule has 0 spiro atoms. The van der Waals surface area contributed by atoms with Crippen molar-refractivity contribution >= 4 is 21.8 Å². The molecular weight excluding hydrogens is 318 g/mol. The van der Waals surface area contributed by atoms with E-state index in [1.807, 2.05) is 24.3 Å². The van der Waals surface area contributed by atoms with E-state index in [0.717, 1.165) is 48.6 Å². The van der Waals surface area contributed by atoms with Crippen LogP contribution in [-0.2, 0) is 10.2 Å². The Morgan fingerprint density at radius 3 is 2.45 bits per heavy atom. The first-order valence-corrected chi connectivity index (χ1v) is 8.16. The number of halogens is 1. The number of hydrogen-bond donors (Lipinski definition) is 2. The van der Waals surface area contributed by atoms with Gasteiger partial charge in [0.2, 0.25) is 5.91 Å². The smallest absolute Gasteiger partial charge is 0.230 e. The van der Waals surface area contributed by atoms with Crippen molar-refractivity contribution in [3.63, 3.8) is 0 Å². The van der Waals surface area contributed by atoms with Gasteiger partial charge in [0, 0.05) is 4.47 Å². The predicted molar refractivity (Wildman–Crippen MR) is 81.5 cm³/mol. The third-order valence-corrected chi connectivity index (χ3v) is 5.16. The molecule has 2 N–H and O–H groups in total.